The molecule has 0 radical (unpaired) electrons. The molecule has 0 aliphatic carbocycles. The minimum atomic E-state index is -3.75. The van der Waals surface area contributed by atoms with E-state index < -0.39 is 26.0 Å². The number of fused-ring (bicyclic) bond motifs is 1. The Bertz CT molecular complexity index is 1520. The number of anilines is 1. The Labute approximate surface area is 192 Å². The first-order valence-corrected chi connectivity index (χ1v) is 12.3. The Hall–Kier alpha value is -3.71. The number of rotatable bonds is 7. The van der Waals surface area contributed by atoms with Crippen LogP contribution in [0.1, 0.15) is 11.3 Å². The number of benzene rings is 2. The van der Waals surface area contributed by atoms with E-state index in [0.717, 1.165) is 35.3 Å². The maximum absolute atomic E-state index is 12.6. The summed E-state index contributed by atoms with van der Waals surface area (Å²) in [6.07, 6.45) is 2.69. The molecule has 0 saturated heterocycles. The third kappa shape index (κ3) is 4.88. The fraction of sp³-hybridized carbons (Fsp3) is 0.200. The van der Waals surface area contributed by atoms with E-state index in [1.165, 1.54) is 0 Å². The van der Waals surface area contributed by atoms with E-state index in [0.29, 0.717) is 12.2 Å². The van der Waals surface area contributed by atoms with Gasteiger partial charge in [0.2, 0.25) is 0 Å². The largest absolute Gasteiger partial charge is 0.345 e. The quantitative estimate of drug-likeness (QED) is 0.284. The second-order valence-electron chi connectivity index (χ2n) is 7.40. The first-order valence-electron chi connectivity index (χ1n) is 9.59. The predicted octanol–water partition coefficient (Wildman–Crippen LogP) is 2.24. The molecular formula is C20H18N6O5S2. The van der Waals surface area contributed by atoms with Crippen LogP contribution in [0.25, 0.3) is 10.1 Å². The molecule has 170 valence electrons. The van der Waals surface area contributed by atoms with Crippen LogP contribution in [0.3, 0.4) is 0 Å². The molecule has 11 nitrogen and oxygen atoms in total. The van der Waals surface area contributed by atoms with E-state index >= 15 is 0 Å². The van der Waals surface area contributed by atoms with Crippen molar-refractivity contribution in [3.8, 4) is 0 Å². The minimum Gasteiger partial charge on any atom is -0.345 e. The molecular weight excluding hydrogens is 468 g/mol. The molecule has 0 bridgehead atoms. The summed E-state index contributed by atoms with van der Waals surface area (Å²) in [6.45, 7) is 0.812. The number of sulfone groups is 1. The number of hydrogen-bond acceptors (Lipinski definition) is 10. The van der Waals surface area contributed by atoms with Crippen molar-refractivity contribution in [1.29, 1.82) is 0 Å². The van der Waals surface area contributed by atoms with Gasteiger partial charge < -0.3 is 4.90 Å². The molecule has 0 saturated carbocycles. The number of nitro groups is 1. The lowest BCUT2D eigenvalue weighted by Crippen LogP contribution is -2.20. The number of nitro benzene ring substituents is 1. The van der Waals surface area contributed by atoms with Gasteiger partial charge in [-0.2, -0.15) is 4.98 Å². The Balaban J connectivity index is 1.65. The molecule has 2 heterocycles. The van der Waals surface area contributed by atoms with Crippen molar-refractivity contribution in [2.24, 2.45) is 0 Å². The maximum atomic E-state index is 12.6. The highest BCUT2D eigenvalue weighted by Gasteiger charge is 2.23. The molecule has 0 fully saturated rings. The number of non-ortho nitro benzene ring substituents is 1. The summed E-state index contributed by atoms with van der Waals surface area (Å²) in [7, 11) is -2.07. The highest BCUT2D eigenvalue weighted by molar-refractivity contribution is 7.90. The number of aromatic nitrogens is 4. The number of hydrogen-bond donors (Lipinski definition) is 0. The van der Waals surface area contributed by atoms with E-state index in [4.69, 9.17) is 0 Å². The van der Waals surface area contributed by atoms with Gasteiger partial charge in [-0.25, -0.2) is 13.1 Å². The second-order valence-corrected chi connectivity index (χ2v) is 10.4. The van der Waals surface area contributed by atoms with Gasteiger partial charge in [0.05, 0.1) is 34.5 Å². The van der Waals surface area contributed by atoms with Crippen LogP contribution >= 0.6 is 11.3 Å². The summed E-state index contributed by atoms with van der Waals surface area (Å²) < 4.78 is 25.5. The van der Waals surface area contributed by atoms with Crippen molar-refractivity contribution in [2.75, 3.05) is 18.2 Å². The van der Waals surface area contributed by atoms with Crippen molar-refractivity contribution >= 4 is 42.1 Å². The topological polar surface area (TPSA) is 141 Å². The van der Waals surface area contributed by atoms with E-state index in [1.807, 2.05) is 30.3 Å². The SMILES string of the molecule is CN(Cc1cn(Cc2ccccc2)nn1)c1nc(=O)c2cc(S(C)(=O)=O)cc([N+](=O)[O-])c2s1. The van der Waals surface area contributed by atoms with Gasteiger partial charge in [0, 0.05) is 19.4 Å². The van der Waals surface area contributed by atoms with Crippen LogP contribution in [0.2, 0.25) is 0 Å². The van der Waals surface area contributed by atoms with Crippen LogP contribution in [0.15, 0.2) is 58.4 Å². The first kappa shape index (κ1) is 22.5. The van der Waals surface area contributed by atoms with Crippen molar-refractivity contribution in [1.82, 2.24) is 20.0 Å². The fourth-order valence-corrected chi connectivity index (χ4v) is 4.88. The summed E-state index contributed by atoms with van der Waals surface area (Å²) in [5.74, 6) is 0. The lowest BCUT2D eigenvalue weighted by atomic mass is 10.2. The smallest absolute Gasteiger partial charge is 0.288 e. The van der Waals surface area contributed by atoms with Crippen LogP contribution in [0, 0.1) is 10.1 Å². The van der Waals surface area contributed by atoms with E-state index in [9.17, 15) is 23.3 Å². The maximum Gasteiger partial charge on any atom is 0.288 e. The van der Waals surface area contributed by atoms with Gasteiger partial charge in [-0.3, -0.25) is 14.9 Å². The fourth-order valence-electron chi connectivity index (χ4n) is 3.20. The van der Waals surface area contributed by atoms with Gasteiger partial charge in [0.15, 0.2) is 15.0 Å². The lowest BCUT2D eigenvalue weighted by Gasteiger charge is -2.15. The molecule has 0 unspecified atom stereocenters. The summed E-state index contributed by atoms with van der Waals surface area (Å²) in [5, 5.41) is 20.0. The molecule has 0 amide bonds. The van der Waals surface area contributed by atoms with Crippen LogP contribution in [-0.2, 0) is 22.9 Å². The third-order valence-electron chi connectivity index (χ3n) is 4.79. The molecule has 0 aliphatic rings. The summed E-state index contributed by atoms with van der Waals surface area (Å²) >= 11 is 0.935. The number of nitrogens with zero attached hydrogens (tertiary/aromatic N) is 6. The van der Waals surface area contributed by atoms with Crippen LogP contribution in [0.4, 0.5) is 10.8 Å². The van der Waals surface area contributed by atoms with Gasteiger partial charge in [0.25, 0.3) is 11.2 Å². The molecule has 2 aromatic carbocycles. The summed E-state index contributed by atoms with van der Waals surface area (Å²) in [5.41, 5.74) is 0.488. The van der Waals surface area contributed by atoms with Gasteiger partial charge in [0.1, 0.15) is 10.4 Å². The summed E-state index contributed by atoms with van der Waals surface area (Å²) in [6, 6.07) is 11.9. The van der Waals surface area contributed by atoms with Crippen molar-refractivity contribution in [3.63, 3.8) is 0 Å². The highest BCUT2D eigenvalue weighted by atomic mass is 32.2. The van der Waals surface area contributed by atoms with Crippen molar-refractivity contribution in [2.45, 2.75) is 18.0 Å². The molecule has 0 N–H and O–H groups in total. The Morgan fingerprint density at radius 3 is 2.61 bits per heavy atom. The Morgan fingerprint density at radius 2 is 1.94 bits per heavy atom. The molecule has 33 heavy (non-hydrogen) atoms. The first-order chi connectivity index (χ1) is 15.6. The molecule has 4 aromatic rings. The van der Waals surface area contributed by atoms with E-state index in [1.54, 1.807) is 22.8 Å². The average Bonchev–Trinajstić information content (AvgIpc) is 3.19. The second kappa shape index (κ2) is 8.67. The average molecular weight is 487 g/mol. The highest BCUT2D eigenvalue weighted by Crippen LogP contribution is 2.34. The van der Waals surface area contributed by atoms with Gasteiger partial charge >= 0.3 is 0 Å². The zero-order valence-corrected chi connectivity index (χ0v) is 19.2. The normalized spacial score (nSPS) is 11.6. The van der Waals surface area contributed by atoms with Crippen LogP contribution < -0.4 is 10.5 Å². The van der Waals surface area contributed by atoms with Gasteiger partial charge in [-0.1, -0.05) is 46.9 Å². The molecule has 13 heteroatoms. The zero-order valence-electron chi connectivity index (χ0n) is 17.6. The molecule has 0 atom stereocenters. The van der Waals surface area contributed by atoms with Crippen LogP contribution in [0.5, 0.6) is 0 Å². The zero-order chi connectivity index (χ0) is 23.8. The predicted molar refractivity (Wildman–Crippen MR) is 123 cm³/mol. The van der Waals surface area contributed by atoms with Crippen LogP contribution in [-0.4, -0.2) is 46.6 Å². The van der Waals surface area contributed by atoms with Gasteiger partial charge in [-0.15, -0.1) is 5.10 Å². The van der Waals surface area contributed by atoms with Crippen molar-refractivity contribution < 1.29 is 13.3 Å². The monoisotopic (exact) mass is 486 g/mol. The Kier molecular flexibility index (Phi) is 5.91. The molecule has 0 spiro atoms. The minimum absolute atomic E-state index is 0.0574. The molecule has 2 aromatic heterocycles. The summed E-state index contributed by atoms with van der Waals surface area (Å²) in [4.78, 5) is 28.9. The lowest BCUT2D eigenvalue weighted by molar-refractivity contribution is -0.383. The standard InChI is InChI=1S/C20H18N6O5S2/c1-24(11-14-12-25(23-22-14)10-13-6-4-3-5-7-13)20-21-19(27)16-8-15(33(2,30)31)9-17(26(28)29)18(16)32-20/h3-9,12H,10-11H2,1-2H3. The molecule has 0 aliphatic heterocycles. The van der Waals surface area contributed by atoms with E-state index in [2.05, 4.69) is 15.3 Å². The van der Waals surface area contributed by atoms with Gasteiger partial charge in [-0.05, 0) is 11.6 Å². The Morgan fingerprint density at radius 1 is 1.21 bits per heavy atom. The van der Waals surface area contributed by atoms with Crippen molar-refractivity contribution in [3.05, 3.63) is 80.4 Å². The van der Waals surface area contributed by atoms with E-state index in [-0.39, 0.29) is 26.7 Å². The molecule has 4 rings (SSSR count). The third-order valence-corrected chi connectivity index (χ3v) is 7.10.